The maximum atomic E-state index is 10.8. The number of hydrogen-bond donors (Lipinski definition) is 0. The van der Waals surface area contributed by atoms with Gasteiger partial charge in [0.2, 0.25) is 0 Å². The molecule has 5 heteroatoms. The van der Waals surface area contributed by atoms with Crippen molar-refractivity contribution >= 4 is 76.8 Å². The van der Waals surface area contributed by atoms with E-state index in [1.807, 2.05) is 36.4 Å². The lowest BCUT2D eigenvalue weighted by atomic mass is 9.91. The number of hydrogen-bond acceptors (Lipinski definition) is 2. The van der Waals surface area contributed by atoms with E-state index in [4.69, 9.17) is 0 Å². The van der Waals surface area contributed by atoms with Crippen LogP contribution in [0.5, 0.6) is 0 Å². The number of nitrogens with zero attached hydrogens (tertiary/aromatic N) is 5. The molecule has 0 fully saturated rings. The molecule has 6 aromatic carbocycles. The molecule has 0 saturated carbocycles. The summed E-state index contributed by atoms with van der Waals surface area (Å²) in [4.78, 5) is 0. The summed E-state index contributed by atoms with van der Waals surface area (Å²) >= 11 is 0. The molecule has 3 heterocycles. The molecule has 49 heavy (non-hydrogen) atoms. The highest BCUT2D eigenvalue weighted by atomic mass is 15.0. The fourth-order valence-electron chi connectivity index (χ4n) is 8.25. The predicted molar refractivity (Wildman–Crippen MR) is 200 cm³/mol. The Balaban J connectivity index is 1.29. The molecule has 1 aliphatic carbocycles. The van der Waals surface area contributed by atoms with Gasteiger partial charge in [0.1, 0.15) is 6.07 Å². The summed E-state index contributed by atoms with van der Waals surface area (Å²) in [7, 11) is 0. The quantitative estimate of drug-likeness (QED) is 0.196. The minimum atomic E-state index is -0.479. The third kappa shape index (κ3) is 3.73. The van der Waals surface area contributed by atoms with Crippen LogP contribution in [0.15, 0.2) is 151 Å². The van der Waals surface area contributed by atoms with E-state index in [9.17, 15) is 10.5 Å². The van der Waals surface area contributed by atoms with Crippen LogP contribution in [0.3, 0.4) is 0 Å². The number of benzene rings is 6. The summed E-state index contributed by atoms with van der Waals surface area (Å²) in [6.07, 6.45) is 2.37. The smallest absolute Gasteiger partial charge is 0.101 e. The summed E-state index contributed by atoms with van der Waals surface area (Å²) in [6.45, 7) is 0. The van der Waals surface area contributed by atoms with E-state index in [-0.39, 0.29) is 0 Å². The highest BCUT2D eigenvalue weighted by molar-refractivity contribution is 6.29. The monoisotopic (exact) mass is 625 g/mol. The highest BCUT2D eigenvalue weighted by Gasteiger charge is 2.30. The van der Waals surface area contributed by atoms with E-state index in [1.54, 1.807) is 0 Å². The first kappa shape index (κ1) is 27.3. The van der Waals surface area contributed by atoms with Gasteiger partial charge in [-0.25, -0.2) is 0 Å². The van der Waals surface area contributed by atoms with Crippen LogP contribution < -0.4 is 0 Å². The number of aromatic nitrogens is 3. The predicted octanol–water partition coefficient (Wildman–Crippen LogP) is 10.8. The Kier molecular flexibility index (Phi) is 5.76. The van der Waals surface area contributed by atoms with Crippen LogP contribution in [0, 0.1) is 28.6 Å². The van der Waals surface area contributed by atoms with Gasteiger partial charge in [-0.3, -0.25) is 0 Å². The van der Waals surface area contributed by atoms with Crippen molar-refractivity contribution in [1.29, 1.82) is 10.5 Å². The van der Waals surface area contributed by atoms with Gasteiger partial charge in [0.25, 0.3) is 0 Å². The Bertz CT molecular complexity index is 2930. The van der Waals surface area contributed by atoms with Crippen molar-refractivity contribution in [1.82, 2.24) is 13.7 Å². The van der Waals surface area contributed by atoms with Gasteiger partial charge in [0.15, 0.2) is 0 Å². The molecule has 0 aliphatic heterocycles. The zero-order valence-electron chi connectivity index (χ0n) is 26.4. The number of para-hydroxylation sites is 5. The van der Waals surface area contributed by atoms with Crippen molar-refractivity contribution in [2.45, 2.75) is 6.42 Å². The van der Waals surface area contributed by atoms with Gasteiger partial charge in [-0.15, -0.1) is 0 Å². The maximum Gasteiger partial charge on any atom is 0.101 e. The number of fused-ring (bicyclic) bond motifs is 10. The largest absolute Gasteiger partial charge is 0.312 e. The molecule has 0 radical (unpaired) electrons. The second-order valence-corrected chi connectivity index (χ2v) is 12.7. The Morgan fingerprint density at radius 2 is 0.939 bits per heavy atom. The molecule has 0 bridgehead atoms. The summed E-state index contributed by atoms with van der Waals surface area (Å²) in [5.41, 5.74) is 9.74. The topological polar surface area (TPSA) is 62.4 Å². The van der Waals surface area contributed by atoms with Crippen LogP contribution in [0.1, 0.15) is 6.42 Å². The normalized spacial score (nSPS) is 15.1. The van der Waals surface area contributed by atoms with Gasteiger partial charge in [-0.2, -0.15) is 10.5 Å². The summed E-state index contributed by atoms with van der Waals surface area (Å²) in [5, 5.41) is 28.4. The van der Waals surface area contributed by atoms with Crippen LogP contribution in [-0.2, 0) is 0 Å². The number of rotatable bonds is 3. The SMILES string of the molecule is N#CC1=C(n2c3ccccc3c3ccccc32)CC(C#N)C(n2c3ccccc3c3c4c5ccccc5n(-c5ccccc5)c4ccc32)=C1. The second-order valence-electron chi connectivity index (χ2n) is 12.7. The molecule has 0 saturated heterocycles. The van der Waals surface area contributed by atoms with E-state index in [0.29, 0.717) is 12.0 Å². The number of allylic oxidation sites excluding steroid dienone is 4. The van der Waals surface area contributed by atoms with Crippen molar-refractivity contribution in [3.8, 4) is 17.8 Å². The molecule has 228 valence electrons. The fourth-order valence-corrected chi connectivity index (χ4v) is 8.25. The van der Waals surface area contributed by atoms with Crippen LogP contribution in [0.4, 0.5) is 0 Å². The third-order valence-electron chi connectivity index (χ3n) is 10.2. The lowest BCUT2D eigenvalue weighted by Gasteiger charge is -2.25. The Hall–Kier alpha value is -6.82. The first-order chi connectivity index (χ1) is 24.3. The Labute approximate surface area is 281 Å². The van der Waals surface area contributed by atoms with Crippen molar-refractivity contribution in [2.75, 3.05) is 0 Å². The molecule has 0 N–H and O–H groups in total. The van der Waals surface area contributed by atoms with E-state index in [1.165, 1.54) is 10.8 Å². The van der Waals surface area contributed by atoms with Crippen LogP contribution in [0.25, 0.3) is 82.5 Å². The maximum absolute atomic E-state index is 10.8. The zero-order chi connectivity index (χ0) is 32.6. The Morgan fingerprint density at radius 3 is 1.49 bits per heavy atom. The number of nitriles is 2. The molecule has 1 atom stereocenters. The molecule has 5 nitrogen and oxygen atoms in total. The second kappa shape index (κ2) is 10.3. The molecule has 1 unspecified atom stereocenters. The van der Waals surface area contributed by atoms with Crippen LogP contribution in [0.2, 0.25) is 0 Å². The first-order valence-electron chi connectivity index (χ1n) is 16.5. The van der Waals surface area contributed by atoms with Gasteiger partial charge in [-0.05, 0) is 54.6 Å². The average molecular weight is 626 g/mol. The zero-order valence-corrected chi connectivity index (χ0v) is 26.4. The molecule has 0 spiro atoms. The average Bonchev–Trinajstić information content (AvgIpc) is 3.80. The van der Waals surface area contributed by atoms with Gasteiger partial charge >= 0.3 is 0 Å². The van der Waals surface area contributed by atoms with E-state index in [0.717, 1.165) is 71.7 Å². The van der Waals surface area contributed by atoms with Crippen LogP contribution in [-0.4, -0.2) is 13.7 Å². The lowest BCUT2D eigenvalue weighted by Crippen LogP contribution is -2.16. The third-order valence-corrected chi connectivity index (χ3v) is 10.2. The van der Waals surface area contributed by atoms with Crippen LogP contribution >= 0.6 is 0 Å². The van der Waals surface area contributed by atoms with E-state index >= 15 is 0 Å². The fraction of sp³-hybridized carbons (Fsp3) is 0.0455. The summed E-state index contributed by atoms with van der Waals surface area (Å²) in [6, 6.07) is 53.7. The van der Waals surface area contributed by atoms with Crippen molar-refractivity contribution in [3.05, 3.63) is 151 Å². The van der Waals surface area contributed by atoms with E-state index < -0.39 is 5.92 Å². The lowest BCUT2D eigenvalue weighted by molar-refractivity contribution is 0.799. The molecule has 10 rings (SSSR count). The van der Waals surface area contributed by atoms with Gasteiger partial charge in [0.05, 0.1) is 50.7 Å². The van der Waals surface area contributed by atoms with E-state index in [2.05, 4.69) is 135 Å². The van der Waals surface area contributed by atoms with Gasteiger partial charge < -0.3 is 13.7 Å². The summed E-state index contributed by atoms with van der Waals surface area (Å²) < 4.78 is 6.75. The minimum absolute atomic E-state index is 0.414. The highest BCUT2D eigenvalue weighted by Crippen LogP contribution is 2.46. The van der Waals surface area contributed by atoms with Gasteiger partial charge in [-0.1, -0.05) is 91.0 Å². The molecular formula is C44H27N5. The first-order valence-corrected chi connectivity index (χ1v) is 16.5. The van der Waals surface area contributed by atoms with Crippen molar-refractivity contribution in [3.63, 3.8) is 0 Å². The Morgan fingerprint density at radius 1 is 0.469 bits per heavy atom. The van der Waals surface area contributed by atoms with Crippen molar-refractivity contribution in [2.24, 2.45) is 5.92 Å². The molecule has 9 aromatic rings. The summed E-state index contributed by atoms with van der Waals surface area (Å²) in [5.74, 6) is -0.479. The van der Waals surface area contributed by atoms with Gasteiger partial charge in [0, 0.05) is 55.8 Å². The molecule has 3 aromatic heterocycles. The molecule has 1 aliphatic rings. The standard InChI is InChI=1S/C44H27N5/c45-26-28-25-42(29(27-46)24-41(28)48-35-18-8-4-14-31(35)32-15-5-9-19-36(32)48)49-38-21-11-7-17-34(38)44-40(49)23-22-39-43(44)33-16-6-10-20-37(33)47(39)30-12-2-1-3-13-30/h1-23,25,29H,24H2. The molecule has 0 amide bonds. The molecular weight excluding hydrogens is 599 g/mol. The minimum Gasteiger partial charge on any atom is -0.312 e. The van der Waals surface area contributed by atoms with Crippen molar-refractivity contribution < 1.29 is 0 Å².